The number of nitrogens with one attached hydrogen (secondary N) is 2. The zero-order valence-corrected chi connectivity index (χ0v) is 17.4. The van der Waals surface area contributed by atoms with Gasteiger partial charge < -0.3 is 9.97 Å². The van der Waals surface area contributed by atoms with E-state index in [1.807, 2.05) is 55.7 Å². The molecule has 158 valence electrons. The Morgan fingerprint density at radius 1 is 0.742 bits per heavy atom. The predicted molar refractivity (Wildman–Crippen MR) is 121 cm³/mol. The average molecular weight is 441 g/mol. The van der Waals surface area contributed by atoms with E-state index in [0.29, 0.717) is 0 Å². The summed E-state index contributed by atoms with van der Waals surface area (Å²) in [6, 6.07) is 19.7. The van der Waals surface area contributed by atoms with E-state index in [1.165, 1.54) is 0 Å². The van der Waals surface area contributed by atoms with Crippen LogP contribution in [0.4, 0.5) is 13.2 Å². The minimum absolute atomic E-state index is 0. The molecule has 0 aliphatic heterocycles. The molecule has 5 rings (SSSR count). The first kappa shape index (κ1) is 21.1. The molecule has 0 bridgehead atoms. The van der Waals surface area contributed by atoms with Crippen LogP contribution in [0.3, 0.4) is 0 Å². The molecule has 2 heterocycles. The zero-order valence-electron chi connectivity index (χ0n) is 16.6. The Kier molecular flexibility index (Phi) is 5.31. The van der Waals surface area contributed by atoms with E-state index >= 15 is 0 Å². The van der Waals surface area contributed by atoms with Crippen molar-refractivity contribution in [2.45, 2.75) is 19.0 Å². The second-order valence-corrected chi connectivity index (χ2v) is 7.64. The number of H-pyrrole nitrogens is 2. The third kappa shape index (κ3) is 3.70. The van der Waals surface area contributed by atoms with Crippen LogP contribution in [0, 0.1) is 6.92 Å². The summed E-state index contributed by atoms with van der Waals surface area (Å²) in [5, 5.41) is 2.13. The van der Waals surface area contributed by atoms with E-state index in [0.717, 1.165) is 56.2 Å². The predicted octanol–water partition coefficient (Wildman–Crippen LogP) is 7.58. The second kappa shape index (κ2) is 7.82. The fourth-order valence-corrected chi connectivity index (χ4v) is 4.22. The van der Waals surface area contributed by atoms with Crippen LogP contribution < -0.4 is 0 Å². The SMILES string of the molecule is Cc1ccc2[nH]cc(C(c3ccc(C(F)(F)F)cc3)c3c[nH]c4ccccc34)c2c1.Cl. The van der Waals surface area contributed by atoms with Crippen LogP contribution in [0.15, 0.2) is 79.1 Å². The van der Waals surface area contributed by atoms with Gasteiger partial charge in [-0.2, -0.15) is 13.2 Å². The normalized spacial score (nSPS) is 12.8. The summed E-state index contributed by atoms with van der Waals surface area (Å²) in [5.41, 5.74) is 5.39. The van der Waals surface area contributed by atoms with Crippen LogP contribution in [0.25, 0.3) is 21.8 Å². The van der Waals surface area contributed by atoms with Gasteiger partial charge in [-0.1, -0.05) is 42.0 Å². The first-order chi connectivity index (χ1) is 14.4. The molecule has 0 aliphatic carbocycles. The average Bonchev–Trinajstić information content (AvgIpc) is 3.33. The van der Waals surface area contributed by atoms with E-state index in [2.05, 4.69) is 16.0 Å². The lowest BCUT2D eigenvalue weighted by Gasteiger charge is -2.18. The molecule has 2 aromatic heterocycles. The van der Waals surface area contributed by atoms with E-state index in [1.54, 1.807) is 12.1 Å². The Hall–Kier alpha value is -3.18. The van der Waals surface area contributed by atoms with Crippen molar-refractivity contribution in [3.8, 4) is 0 Å². The highest BCUT2D eigenvalue weighted by atomic mass is 35.5. The molecule has 1 unspecified atom stereocenters. The van der Waals surface area contributed by atoms with Crippen molar-refractivity contribution < 1.29 is 13.2 Å². The molecule has 5 aromatic rings. The van der Waals surface area contributed by atoms with Crippen LogP contribution in [0.1, 0.15) is 33.7 Å². The van der Waals surface area contributed by atoms with Crippen molar-refractivity contribution in [3.63, 3.8) is 0 Å². The summed E-state index contributed by atoms with van der Waals surface area (Å²) in [4.78, 5) is 6.63. The molecule has 0 saturated heterocycles. The number of para-hydroxylation sites is 1. The lowest BCUT2D eigenvalue weighted by molar-refractivity contribution is -0.137. The van der Waals surface area contributed by atoms with Gasteiger partial charge in [-0.05, 0) is 53.9 Å². The quantitative estimate of drug-likeness (QED) is 0.290. The molecule has 0 fully saturated rings. The van der Waals surface area contributed by atoms with Crippen LogP contribution in [-0.4, -0.2) is 9.97 Å². The number of alkyl halides is 3. The van der Waals surface area contributed by atoms with Gasteiger partial charge in [0.05, 0.1) is 5.56 Å². The number of hydrogen-bond donors (Lipinski definition) is 2. The zero-order chi connectivity index (χ0) is 20.9. The minimum atomic E-state index is -4.35. The highest BCUT2D eigenvalue weighted by Crippen LogP contribution is 2.40. The van der Waals surface area contributed by atoms with Gasteiger partial charge in [0.15, 0.2) is 0 Å². The fourth-order valence-electron chi connectivity index (χ4n) is 4.22. The summed E-state index contributed by atoms with van der Waals surface area (Å²) >= 11 is 0. The fraction of sp³-hybridized carbons (Fsp3) is 0.120. The maximum atomic E-state index is 13.1. The molecule has 3 aromatic carbocycles. The Morgan fingerprint density at radius 2 is 1.35 bits per heavy atom. The Bertz CT molecular complexity index is 1350. The Morgan fingerprint density at radius 3 is 2.03 bits per heavy atom. The minimum Gasteiger partial charge on any atom is -0.361 e. The molecular formula is C25H20ClF3N2. The number of benzene rings is 3. The van der Waals surface area contributed by atoms with Crippen LogP contribution in [0.2, 0.25) is 0 Å². The lowest BCUT2D eigenvalue weighted by atomic mass is 9.84. The van der Waals surface area contributed by atoms with Crippen molar-refractivity contribution in [2.75, 3.05) is 0 Å². The second-order valence-electron chi connectivity index (χ2n) is 7.64. The highest BCUT2D eigenvalue weighted by molar-refractivity contribution is 5.89. The molecule has 0 radical (unpaired) electrons. The molecular weight excluding hydrogens is 421 g/mol. The third-order valence-electron chi connectivity index (χ3n) is 5.68. The maximum absolute atomic E-state index is 13.1. The van der Waals surface area contributed by atoms with Crippen molar-refractivity contribution in [2.24, 2.45) is 0 Å². The summed E-state index contributed by atoms with van der Waals surface area (Å²) in [5.74, 6) is -0.209. The number of aromatic amines is 2. The van der Waals surface area contributed by atoms with Crippen molar-refractivity contribution in [1.29, 1.82) is 0 Å². The summed E-state index contributed by atoms with van der Waals surface area (Å²) in [6.45, 7) is 2.04. The van der Waals surface area contributed by atoms with Crippen molar-refractivity contribution in [1.82, 2.24) is 9.97 Å². The molecule has 31 heavy (non-hydrogen) atoms. The smallest absolute Gasteiger partial charge is 0.361 e. The first-order valence-corrected chi connectivity index (χ1v) is 9.72. The van der Waals surface area contributed by atoms with Crippen molar-refractivity contribution in [3.05, 3.63) is 107 Å². The summed E-state index contributed by atoms with van der Waals surface area (Å²) in [6.07, 6.45) is -0.428. The Labute approximate surface area is 183 Å². The van der Waals surface area contributed by atoms with Gasteiger partial charge in [-0.3, -0.25) is 0 Å². The summed E-state index contributed by atoms with van der Waals surface area (Å²) in [7, 11) is 0. The number of hydrogen-bond acceptors (Lipinski definition) is 0. The highest BCUT2D eigenvalue weighted by Gasteiger charge is 2.31. The van der Waals surface area contributed by atoms with Crippen molar-refractivity contribution >= 4 is 34.2 Å². The maximum Gasteiger partial charge on any atom is 0.416 e. The molecule has 6 heteroatoms. The van der Waals surface area contributed by atoms with Gasteiger partial charge in [-0.15, -0.1) is 12.4 Å². The number of halogens is 4. The van der Waals surface area contributed by atoms with E-state index in [-0.39, 0.29) is 18.3 Å². The van der Waals surface area contributed by atoms with Gasteiger partial charge in [0, 0.05) is 40.1 Å². The molecule has 0 saturated carbocycles. The monoisotopic (exact) mass is 440 g/mol. The standard InChI is InChI=1S/C25H19F3N2.ClH/c1-15-6-11-23-19(12-15)21(14-30-23)24(16-7-9-17(10-8-16)25(26,27)28)20-13-29-22-5-3-2-4-18(20)22;/h2-14,24,29-30H,1H3;1H. The molecule has 0 amide bonds. The molecule has 2 nitrogen and oxygen atoms in total. The van der Waals surface area contributed by atoms with Gasteiger partial charge in [0.25, 0.3) is 0 Å². The van der Waals surface area contributed by atoms with E-state index in [4.69, 9.17) is 0 Å². The van der Waals surface area contributed by atoms with E-state index < -0.39 is 11.7 Å². The molecule has 0 spiro atoms. The van der Waals surface area contributed by atoms with E-state index in [9.17, 15) is 13.2 Å². The number of fused-ring (bicyclic) bond motifs is 2. The lowest BCUT2D eigenvalue weighted by Crippen LogP contribution is -2.07. The Balaban J connectivity index is 0.00000231. The van der Waals surface area contributed by atoms with Gasteiger partial charge in [-0.25, -0.2) is 0 Å². The van der Waals surface area contributed by atoms with Gasteiger partial charge in [0.2, 0.25) is 0 Å². The number of aryl methyl sites for hydroxylation is 1. The van der Waals surface area contributed by atoms with Gasteiger partial charge in [0.1, 0.15) is 0 Å². The molecule has 1 atom stereocenters. The van der Waals surface area contributed by atoms with Crippen LogP contribution >= 0.6 is 12.4 Å². The molecule has 2 N–H and O–H groups in total. The molecule has 0 aliphatic rings. The van der Waals surface area contributed by atoms with Gasteiger partial charge >= 0.3 is 6.18 Å². The number of aromatic nitrogens is 2. The van der Waals surface area contributed by atoms with Crippen LogP contribution in [0.5, 0.6) is 0 Å². The topological polar surface area (TPSA) is 31.6 Å². The largest absolute Gasteiger partial charge is 0.416 e. The number of rotatable bonds is 3. The first-order valence-electron chi connectivity index (χ1n) is 9.72. The third-order valence-corrected chi connectivity index (χ3v) is 5.68. The van der Waals surface area contributed by atoms with Crippen LogP contribution in [-0.2, 0) is 6.18 Å². The summed E-state index contributed by atoms with van der Waals surface area (Å²) < 4.78 is 39.4.